The normalized spacial score (nSPS) is 11.2. The van der Waals surface area contributed by atoms with E-state index in [1.165, 1.54) is 0 Å². The Morgan fingerprint density at radius 2 is 1.78 bits per heavy atom. The average Bonchev–Trinajstić information content (AvgIpc) is 3.16. The van der Waals surface area contributed by atoms with Gasteiger partial charge >= 0.3 is 0 Å². The number of hydrogen-bond donors (Lipinski definition) is 2. The third-order valence-corrected chi connectivity index (χ3v) is 6.54. The Morgan fingerprint density at radius 1 is 1.05 bits per heavy atom. The Balaban J connectivity index is 1.71. The number of rotatable bonds is 8. The van der Waals surface area contributed by atoms with Gasteiger partial charge in [-0.25, -0.2) is 9.97 Å². The van der Waals surface area contributed by atoms with Gasteiger partial charge in [0.15, 0.2) is 0 Å². The van der Waals surface area contributed by atoms with E-state index in [2.05, 4.69) is 40.3 Å². The number of hydrogen-bond acceptors (Lipinski definition) is 7. The fraction of sp³-hybridized carbons (Fsp3) is 0.321. The van der Waals surface area contributed by atoms with Gasteiger partial charge in [0, 0.05) is 69.6 Å². The molecule has 9 heteroatoms. The highest BCUT2D eigenvalue weighted by molar-refractivity contribution is 6.09. The van der Waals surface area contributed by atoms with Gasteiger partial charge in [-0.3, -0.25) is 4.79 Å². The summed E-state index contributed by atoms with van der Waals surface area (Å²) in [6, 6.07) is 13.8. The minimum Gasteiger partial charge on any atom is -0.397 e. The first-order chi connectivity index (χ1) is 17.6. The van der Waals surface area contributed by atoms with Crippen LogP contribution in [-0.2, 0) is 7.05 Å². The number of fused-ring (bicyclic) bond motifs is 1. The molecule has 2 aromatic carbocycles. The predicted octanol–water partition coefficient (Wildman–Crippen LogP) is 3.97. The van der Waals surface area contributed by atoms with E-state index in [0.717, 1.165) is 46.5 Å². The zero-order valence-electron chi connectivity index (χ0n) is 22.7. The first-order valence-corrected chi connectivity index (χ1v) is 12.2. The first-order valence-electron chi connectivity index (χ1n) is 12.2. The van der Waals surface area contributed by atoms with E-state index in [-0.39, 0.29) is 5.91 Å². The summed E-state index contributed by atoms with van der Waals surface area (Å²) in [7, 11) is 11.6. The predicted molar refractivity (Wildman–Crippen MR) is 153 cm³/mol. The Kier molecular flexibility index (Phi) is 7.35. The van der Waals surface area contributed by atoms with Crippen LogP contribution < -0.4 is 16.0 Å². The highest BCUT2D eigenvalue weighted by Crippen LogP contribution is 2.35. The highest BCUT2D eigenvalue weighted by Gasteiger charge is 2.24. The second kappa shape index (κ2) is 10.5. The van der Waals surface area contributed by atoms with Crippen molar-refractivity contribution in [3.8, 4) is 11.3 Å². The summed E-state index contributed by atoms with van der Waals surface area (Å²) < 4.78 is 1.93. The molecule has 0 saturated heterocycles. The number of para-hydroxylation sites is 1. The number of nitrogens with two attached hydrogens (primary N) is 1. The van der Waals surface area contributed by atoms with E-state index in [4.69, 9.17) is 10.7 Å². The molecule has 0 bridgehead atoms. The number of nitrogens with one attached hydrogen (secondary N) is 1. The maximum Gasteiger partial charge on any atom is 0.270 e. The van der Waals surface area contributed by atoms with Crippen LogP contribution in [0.1, 0.15) is 16.1 Å². The molecule has 0 saturated carbocycles. The maximum atomic E-state index is 13.2. The molecule has 9 nitrogen and oxygen atoms in total. The topological polar surface area (TPSA) is 95.5 Å². The van der Waals surface area contributed by atoms with Crippen molar-refractivity contribution in [2.24, 2.45) is 7.05 Å². The van der Waals surface area contributed by atoms with Crippen LogP contribution in [-0.4, -0.2) is 78.6 Å². The van der Waals surface area contributed by atoms with Crippen molar-refractivity contribution in [1.82, 2.24) is 24.3 Å². The minimum atomic E-state index is -0.0839. The van der Waals surface area contributed by atoms with Crippen LogP contribution in [0.5, 0.6) is 0 Å². The van der Waals surface area contributed by atoms with Gasteiger partial charge in [0.25, 0.3) is 5.91 Å². The Morgan fingerprint density at radius 3 is 2.49 bits per heavy atom. The molecule has 0 aliphatic carbocycles. The van der Waals surface area contributed by atoms with Crippen molar-refractivity contribution < 1.29 is 4.79 Å². The molecule has 194 valence electrons. The number of carbonyl (C=O) groups is 1. The van der Waals surface area contributed by atoms with Gasteiger partial charge in [-0.05, 0) is 50.8 Å². The SMILES string of the molecule is Cc1cc(N(C)CCN(C)C)c(N)cc1Nc1nccc(-c2c(C(=O)N(C)C)n(C)c3ccccc23)n1. The number of aryl methyl sites for hydroxylation is 2. The molecule has 3 N–H and O–H groups in total. The molecule has 0 radical (unpaired) electrons. The van der Waals surface area contributed by atoms with Gasteiger partial charge in [-0.2, -0.15) is 0 Å². The van der Waals surface area contributed by atoms with E-state index in [0.29, 0.717) is 23.0 Å². The molecule has 0 atom stereocenters. The van der Waals surface area contributed by atoms with Crippen LogP contribution >= 0.6 is 0 Å². The lowest BCUT2D eigenvalue weighted by Crippen LogP contribution is -2.29. The first kappa shape index (κ1) is 26.0. The molecule has 1 amide bonds. The summed E-state index contributed by atoms with van der Waals surface area (Å²) in [5.41, 5.74) is 13.0. The summed E-state index contributed by atoms with van der Waals surface area (Å²) in [4.78, 5) is 28.3. The summed E-state index contributed by atoms with van der Waals surface area (Å²) in [6.45, 7) is 3.84. The second-order valence-electron chi connectivity index (χ2n) is 9.84. The van der Waals surface area contributed by atoms with Crippen molar-refractivity contribution in [3.05, 3.63) is 59.9 Å². The van der Waals surface area contributed by atoms with Crippen molar-refractivity contribution in [2.75, 3.05) is 64.3 Å². The molecule has 37 heavy (non-hydrogen) atoms. The molecule has 0 fully saturated rings. The van der Waals surface area contributed by atoms with E-state index >= 15 is 0 Å². The smallest absolute Gasteiger partial charge is 0.270 e. The standard InChI is InChI=1S/C28H36N8O/c1-18-16-24(35(6)15-14-33(2)3)20(29)17-22(18)32-28-30-13-12-21(31-28)25-19-10-8-9-11-23(19)36(7)26(25)27(37)34(4)5/h8-13,16-17H,14-15,29H2,1-7H3,(H,30,31,32). The quantitative estimate of drug-likeness (QED) is 0.354. The van der Waals surface area contributed by atoms with Crippen molar-refractivity contribution >= 4 is 39.8 Å². The van der Waals surface area contributed by atoms with E-state index in [9.17, 15) is 4.79 Å². The summed E-state index contributed by atoms with van der Waals surface area (Å²) in [5, 5.41) is 4.30. The number of nitrogens with zero attached hydrogens (tertiary/aromatic N) is 6. The van der Waals surface area contributed by atoms with Crippen molar-refractivity contribution in [2.45, 2.75) is 6.92 Å². The molecule has 0 spiro atoms. The lowest BCUT2D eigenvalue weighted by atomic mass is 10.1. The highest BCUT2D eigenvalue weighted by atomic mass is 16.2. The third kappa shape index (κ3) is 5.22. The summed E-state index contributed by atoms with van der Waals surface area (Å²) in [5.74, 6) is 0.351. The van der Waals surface area contributed by atoms with E-state index < -0.39 is 0 Å². The number of likely N-dealkylation sites (N-methyl/N-ethyl adjacent to an activating group) is 2. The molecule has 2 aromatic heterocycles. The Bertz CT molecular complexity index is 1440. The zero-order chi connectivity index (χ0) is 26.9. The van der Waals surface area contributed by atoms with Crippen molar-refractivity contribution in [3.63, 3.8) is 0 Å². The molecule has 0 unspecified atom stereocenters. The molecule has 2 heterocycles. The number of anilines is 4. The lowest BCUT2D eigenvalue weighted by molar-refractivity contribution is 0.0819. The second-order valence-corrected chi connectivity index (χ2v) is 9.84. The number of nitrogen functional groups attached to an aromatic ring is 1. The number of amides is 1. The van der Waals surface area contributed by atoms with Crippen LogP contribution in [0.2, 0.25) is 0 Å². The minimum absolute atomic E-state index is 0.0839. The Hall–Kier alpha value is -4.11. The zero-order valence-corrected chi connectivity index (χ0v) is 22.7. The largest absolute Gasteiger partial charge is 0.397 e. The van der Waals surface area contributed by atoms with E-state index in [1.807, 2.05) is 62.0 Å². The third-order valence-electron chi connectivity index (χ3n) is 6.54. The van der Waals surface area contributed by atoms with Crippen LogP contribution in [0, 0.1) is 6.92 Å². The fourth-order valence-corrected chi connectivity index (χ4v) is 4.44. The molecule has 4 rings (SSSR count). The van der Waals surface area contributed by atoms with Gasteiger partial charge in [-0.15, -0.1) is 0 Å². The van der Waals surface area contributed by atoms with Gasteiger partial charge < -0.3 is 30.3 Å². The Labute approximate surface area is 218 Å². The van der Waals surface area contributed by atoms with Crippen molar-refractivity contribution in [1.29, 1.82) is 0 Å². The number of benzene rings is 2. The van der Waals surface area contributed by atoms with E-state index in [1.54, 1.807) is 25.2 Å². The van der Waals surface area contributed by atoms with Gasteiger partial charge in [-0.1, -0.05) is 18.2 Å². The summed E-state index contributed by atoms with van der Waals surface area (Å²) >= 11 is 0. The van der Waals surface area contributed by atoms with Crippen LogP contribution in [0.4, 0.5) is 23.0 Å². The van der Waals surface area contributed by atoms with Crippen LogP contribution in [0.3, 0.4) is 0 Å². The summed E-state index contributed by atoms with van der Waals surface area (Å²) in [6.07, 6.45) is 1.71. The molecule has 0 aliphatic rings. The number of aromatic nitrogens is 3. The van der Waals surface area contributed by atoms with Crippen LogP contribution in [0.25, 0.3) is 22.2 Å². The van der Waals surface area contributed by atoms with Gasteiger partial charge in [0.2, 0.25) is 5.95 Å². The monoisotopic (exact) mass is 500 g/mol. The fourth-order valence-electron chi connectivity index (χ4n) is 4.44. The van der Waals surface area contributed by atoms with Crippen LogP contribution in [0.15, 0.2) is 48.7 Å². The molecule has 4 aromatic rings. The van der Waals surface area contributed by atoms with Gasteiger partial charge in [0.05, 0.1) is 17.1 Å². The maximum absolute atomic E-state index is 13.2. The molecular weight excluding hydrogens is 464 g/mol. The molecular formula is C28H36N8O. The number of carbonyl (C=O) groups excluding carboxylic acids is 1. The van der Waals surface area contributed by atoms with Gasteiger partial charge in [0.1, 0.15) is 5.69 Å². The lowest BCUT2D eigenvalue weighted by Gasteiger charge is -2.24. The average molecular weight is 501 g/mol. The molecule has 0 aliphatic heterocycles.